The van der Waals surface area contributed by atoms with Crippen LogP contribution >= 0.6 is 11.8 Å². The van der Waals surface area contributed by atoms with Crippen LogP contribution in [0.3, 0.4) is 0 Å². The molecule has 216 valence electrons. The summed E-state index contributed by atoms with van der Waals surface area (Å²) in [5, 5.41) is 27.2. The van der Waals surface area contributed by atoms with E-state index in [-0.39, 0.29) is 36.1 Å². The van der Waals surface area contributed by atoms with Crippen molar-refractivity contribution in [2.75, 3.05) is 11.6 Å². The summed E-state index contributed by atoms with van der Waals surface area (Å²) in [6.45, 7) is 5.66. The van der Waals surface area contributed by atoms with Gasteiger partial charge in [-0.15, -0.1) is 11.8 Å². The van der Waals surface area contributed by atoms with Crippen molar-refractivity contribution in [1.82, 2.24) is 15.5 Å². The summed E-state index contributed by atoms with van der Waals surface area (Å²) >= 11 is 1.44. The van der Waals surface area contributed by atoms with E-state index in [9.17, 15) is 24.6 Å². The molecule has 0 bridgehead atoms. The number of hydrogen-bond acceptors (Lipinski definition) is 7. The van der Waals surface area contributed by atoms with Gasteiger partial charge in [0.2, 0.25) is 5.91 Å². The molecule has 1 fully saturated rings. The lowest BCUT2D eigenvalue weighted by Crippen LogP contribution is -2.58. The van der Waals surface area contributed by atoms with E-state index in [2.05, 4.69) is 10.6 Å². The van der Waals surface area contributed by atoms with Crippen LogP contribution in [0.1, 0.15) is 40.9 Å². The van der Waals surface area contributed by atoms with Crippen molar-refractivity contribution in [3.63, 3.8) is 0 Å². The second kappa shape index (κ2) is 12.7. The van der Waals surface area contributed by atoms with Gasteiger partial charge >= 0.3 is 0 Å². The Morgan fingerprint density at radius 2 is 1.71 bits per heavy atom. The molecule has 0 unspecified atom stereocenters. The second-order valence-corrected chi connectivity index (χ2v) is 12.3. The number of carbonyl (C=O) groups is 3. The van der Waals surface area contributed by atoms with Crippen LogP contribution in [0, 0.1) is 6.92 Å². The maximum Gasteiger partial charge on any atom is 0.254 e. The molecule has 3 amide bonds. The Balaban J connectivity index is 1.55. The number of hydrogen-bond donors (Lipinski definition) is 5. The third-order valence-electron chi connectivity index (χ3n) is 7.32. The van der Waals surface area contributed by atoms with Crippen molar-refractivity contribution in [3.8, 4) is 5.75 Å². The Morgan fingerprint density at radius 1 is 1.02 bits per heavy atom. The van der Waals surface area contributed by atoms with E-state index in [1.54, 1.807) is 31.2 Å². The molecule has 41 heavy (non-hydrogen) atoms. The lowest BCUT2D eigenvalue weighted by molar-refractivity contribution is -0.147. The van der Waals surface area contributed by atoms with E-state index in [0.29, 0.717) is 11.3 Å². The first-order valence-corrected chi connectivity index (χ1v) is 14.3. The van der Waals surface area contributed by atoms with Gasteiger partial charge < -0.3 is 31.5 Å². The fourth-order valence-electron chi connectivity index (χ4n) is 4.90. The first-order chi connectivity index (χ1) is 19.5. The Labute approximate surface area is 244 Å². The molecule has 6 N–H and O–H groups in total. The minimum Gasteiger partial charge on any atom is -0.508 e. The highest BCUT2D eigenvalue weighted by molar-refractivity contribution is 8.00. The standard InChI is InChI=1S/C31H36N4O5S/c1-19-23(10-7-11-25(19)36)28(38)34-24(16-20-8-5-4-6-9-20)26(37)30(40)35-18-41-31(2,3)27(35)29(39)33-17-21-12-14-22(32)15-13-21/h4-15,24,26-27,36-37H,16-18,32H2,1-3H3,(H,33,39)(H,34,38)/t24-,26-,27+/m0/s1. The van der Waals surface area contributed by atoms with Gasteiger partial charge in [-0.3, -0.25) is 14.4 Å². The van der Waals surface area contributed by atoms with Gasteiger partial charge in [-0.2, -0.15) is 0 Å². The number of nitrogens with two attached hydrogens (primary N) is 1. The number of anilines is 1. The summed E-state index contributed by atoms with van der Waals surface area (Å²) < 4.78 is -0.614. The molecule has 3 aromatic carbocycles. The van der Waals surface area contributed by atoms with Gasteiger partial charge in [0.15, 0.2) is 6.10 Å². The Bertz CT molecular complexity index is 1400. The maximum absolute atomic E-state index is 13.8. The molecule has 0 aliphatic carbocycles. The van der Waals surface area contributed by atoms with Crippen LogP contribution in [0.5, 0.6) is 5.75 Å². The van der Waals surface area contributed by atoms with E-state index in [1.165, 1.54) is 22.7 Å². The van der Waals surface area contributed by atoms with E-state index in [1.807, 2.05) is 56.3 Å². The van der Waals surface area contributed by atoms with Crippen LogP contribution in [0.15, 0.2) is 72.8 Å². The van der Waals surface area contributed by atoms with Crippen molar-refractivity contribution < 1.29 is 24.6 Å². The van der Waals surface area contributed by atoms with Gasteiger partial charge in [0.25, 0.3) is 11.8 Å². The molecule has 3 aromatic rings. The second-order valence-electron chi connectivity index (χ2n) is 10.7. The number of carbonyl (C=O) groups excluding carboxylic acids is 3. The molecule has 0 radical (unpaired) electrons. The van der Waals surface area contributed by atoms with E-state index >= 15 is 0 Å². The summed E-state index contributed by atoms with van der Waals surface area (Å²) in [4.78, 5) is 41.9. The zero-order valence-electron chi connectivity index (χ0n) is 23.3. The lowest BCUT2D eigenvalue weighted by Gasteiger charge is -2.33. The van der Waals surface area contributed by atoms with Crippen LogP contribution in [-0.2, 0) is 22.6 Å². The number of aliphatic hydroxyl groups excluding tert-OH is 1. The number of thioether (sulfide) groups is 1. The molecular formula is C31H36N4O5S. The van der Waals surface area contributed by atoms with Crippen LogP contribution in [0.25, 0.3) is 0 Å². The number of nitrogens with zero attached hydrogens (tertiary/aromatic N) is 1. The van der Waals surface area contributed by atoms with E-state index in [4.69, 9.17) is 5.73 Å². The van der Waals surface area contributed by atoms with Gasteiger partial charge in [0.1, 0.15) is 11.8 Å². The third-order valence-corrected chi connectivity index (χ3v) is 8.70. The number of phenolic OH excluding ortho intramolecular Hbond substituents is 1. The minimum atomic E-state index is -1.63. The highest BCUT2D eigenvalue weighted by atomic mass is 32.2. The average molecular weight is 577 g/mol. The predicted octanol–water partition coefficient (Wildman–Crippen LogP) is 2.98. The SMILES string of the molecule is Cc1c(O)cccc1C(=O)N[C@@H](Cc1ccccc1)[C@H](O)C(=O)N1CSC(C)(C)[C@H]1C(=O)NCc1ccc(N)cc1. The summed E-state index contributed by atoms with van der Waals surface area (Å²) in [7, 11) is 0. The van der Waals surface area contributed by atoms with Crippen molar-refractivity contribution in [2.45, 2.75) is 56.7 Å². The maximum atomic E-state index is 13.8. The summed E-state index contributed by atoms with van der Waals surface area (Å²) in [6.07, 6.45) is -1.45. The van der Waals surface area contributed by atoms with Crippen LogP contribution in [0.4, 0.5) is 5.69 Å². The number of phenols is 1. The van der Waals surface area contributed by atoms with Gasteiger partial charge in [-0.05, 0) is 62.6 Å². The molecule has 1 heterocycles. The van der Waals surface area contributed by atoms with Crippen molar-refractivity contribution in [2.24, 2.45) is 0 Å². The Kier molecular flexibility index (Phi) is 9.25. The van der Waals surface area contributed by atoms with Gasteiger partial charge in [0, 0.05) is 28.1 Å². The van der Waals surface area contributed by atoms with E-state index in [0.717, 1.165) is 11.1 Å². The highest BCUT2D eigenvalue weighted by Gasteiger charge is 2.49. The van der Waals surface area contributed by atoms with Crippen LogP contribution in [0.2, 0.25) is 0 Å². The number of benzene rings is 3. The number of aromatic hydroxyl groups is 1. The van der Waals surface area contributed by atoms with Gasteiger partial charge in [-0.25, -0.2) is 0 Å². The first-order valence-electron chi connectivity index (χ1n) is 13.4. The van der Waals surface area contributed by atoms with Crippen LogP contribution < -0.4 is 16.4 Å². The topological polar surface area (TPSA) is 145 Å². The van der Waals surface area contributed by atoms with Crippen molar-refractivity contribution in [1.29, 1.82) is 0 Å². The van der Waals surface area contributed by atoms with Crippen molar-refractivity contribution in [3.05, 3.63) is 95.1 Å². The zero-order chi connectivity index (χ0) is 29.7. The Morgan fingerprint density at radius 3 is 2.39 bits per heavy atom. The first kappa shape index (κ1) is 30.0. The highest BCUT2D eigenvalue weighted by Crippen LogP contribution is 2.40. The fourth-order valence-corrected chi connectivity index (χ4v) is 6.04. The fraction of sp³-hybridized carbons (Fsp3) is 0.323. The van der Waals surface area contributed by atoms with Gasteiger partial charge in [0.05, 0.1) is 11.9 Å². The van der Waals surface area contributed by atoms with Gasteiger partial charge in [-0.1, -0.05) is 48.5 Å². The third kappa shape index (κ3) is 7.01. The molecule has 1 saturated heterocycles. The molecule has 1 aliphatic rings. The van der Waals surface area contributed by atoms with Crippen molar-refractivity contribution >= 4 is 35.2 Å². The number of rotatable bonds is 9. The number of nitrogens with one attached hydrogen (secondary N) is 2. The molecule has 9 nitrogen and oxygen atoms in total. The molecule has 4 rings (SSSR count). The van der Waals surface area contributed by atoms with Crippen LogP contribution in [-0.4, -0.2) is 61.6 Å². The molecule has 1 aliphatic heterocycles. The average Bonchev–Trinajstić information content (AvgIpc) is 3.28. The summed E-state index contributed by atoms with van der Waals surface area (Å²) in [5.41, 5.74) is 8.67. The van der Waals surface area contributed by atoms with E-state index < -0.39 is 34.7 Å². The zero-order valence-corrected chi connectivity index (χ0v) is 24.2. The summed E-state index contributed by atoms with van der Waals surface area (Å²) in [5.74, 6) is -1.33. The quantitative estimate of drug-likeness (QED) is 0.246. The monoisotopic (exact) mass is 576 g/mol. The minimum absolute atomic E-state index is 0.0296. The summed E-state index contributed by atoms with van der Waals surface area (Å²) in [6, 6.07) is 19.1. The number of nitrogen functional groups attached to an aromatic ring is 1. The molecular weight excluding hydrogens is 540 g/mol. The number of amides is 3. The smallest absolute Gasteiger partial charge is 0.254 e. The molecule has 10 heteroatoms. The molecule has 3 atom stereocenters. The molecule has 0 spiro atoms. The normalized spacial score (nSPS) is 17.5. The molecule has 0 saturated carbocycles. The largest absolute Gasteiger partial charge is 0.508 e. The molecule has 0 aromatic heterocycles. The number of aliphatic hydroxyl groups is 1. The Hall–Kier alpha value is -4.02. The lowest BCUT2D eigenvalue weighted by atomic mass is 9.96. The predicted molar refractivity (Wildman–Crippen MR) is 160 cm³/mol.